The van der Waals surface area contributed by atoms with E-state index in [1.807, 2.05) is 0 Å². The molecular formula is C8H7F2N3O4. The summed E-state index contributed by atoms with van der Waals surface area (Å²) in [5.74, 6) is -2.02. The monoisotopic (exact) mass is 247 g/mol. The topological polar surface area (TPSA) is 119 Å². The van der Waals surface area contributed by atoms with Gasteiger partial charge < -0.3 is 10.8 Å². The smallest absolute Gasteiger partial charge is 0.320 e. The normalized spacial score (nSPS) is 10.5. The summed E-state index contributed by atoms with van der Waals surface area (Å²) in [4.78, 5) is 23.2. The minimum absolute atomic E-state index is 0.254. The van der Waals surface area contributed by atoms with E-state index in [-0.39, 0.29) is 5.69 Å². The first-order valence-corrected chi connectivity index (χ1v) is 4.26. The molecule has 0 saturated carbocycles. The van der Waals surface area contributed by atoms with E-state index in [0.717, 1.165) is 0 Å². The fraction of sp³-hybridized carbons (Fsp3) is 0.250. The summed E-state index contributed by atoms with van der Waals surface area (Å²) >= 11 is 0. The van der Waals surface area contributed by atoms with Crippen LogP contribution in [0.15, 0.2) is 6.07 Å². The fourth-order valence-electron chi connectivity index (χ4n) is 1.25. The molecule has 9 heteroatoms. The van der Waals surface area contributed by atoms with Crippen molar-refractivity contribution in [3.05, 3.63) is 27.4 Å². The molecule has 0 bridgehead atoms. The molecule has 0 radical (unpaired) electrons. The van der Waals surface area contributed by atoms with Crippen LogP contribution in [0.4, 0.5) is 20.3 Å². The quantitative estimate of drug-likeness (QED) is 0.608. The highest BCUT2D eigenvalue weighted by Crippen LogP contribution is 2.33. The predicted molar refractivity (Wildman–Crippen MR) is 51.6 cm³/mol. The minimum Gasteiger partial charge on any atom is -0.481 e. The van der Waals surface area contributed by atoms with Gasteiger partial charge in [0.1, 0.15) is 5.56 Å². The molecule has 1 aromatic rings. The molecule has 0 amide bonds. The van der Waals surface area contributed by atoms with E-state index in [4.69, 9.17) is 10.8 Å². The zero-order valence-electron chi connectivity index (χ0n) is 8.26. The van der Waals surface area contributed by atoms with Crippen LogP contribution in [0.2, 0.25) is 0 Å². The highest BCUT2D eigenvalue weighted by atomic mass is 19.3. The van der Waals surface area contributed by atoms with Gasteiger partial charge in [0.15, 0.2) is 0 Å². The second-order valence-electron chi connectivity index (χ2n) is 3.06. The van der Waals surface area contributed by atoms with Gasteiger partial charge in [0.2, 0.25) is 5.82 Å². The number of hydrogen-bond acceptors (Lipinski definition) is 5. The maximum absolute atomic E-state index is 12.6. The van der Waals surface area contributed by atoms with Gasteiger partial charge in [-0.25, -0.2) is 13.8 Å². The number of rotatable bonds is 4. The Kier molecular flexibility index (Phi) is 3.51. The van der Waals surface area contributed by atoms with E-state index in [9.17, 15) is 23.7 Å². The van der Waals surface area contributed by atoms with Crippen LogP contribution in [0.3, 0.4) is 0 Å². The number of anilines is 1. The van der Waals surface area contributed by atoms with Gasteiger partial charge in [-0.05, 0) is 6.07 Å². The second kappa shape index (κ2) is 4.68. The second-order valence-corrected chi connectivity index (χ2v) is 3.06. The standard InChI is InChI=1S/C8H7F2N3O4/c9-7(10)4-1-3(2-5(14)15)12-8(11)6(4)13(16)17/h1,7H,2H2,(H2,11,12)(H,14,15). The van der Waals surface area contributed by atoms with Crippen LogP contribution in [-0.4, -0.2) is 21.0 Å². The summed E-state index contributed by atoms with van der Waals surface area (Å²) in [6.45, 7) is 0. The molecule has 1 rings (SSSR count). The molecule has 0 unspecified atom stereocenters. The van der Waals surface area contributed by atoms with Crippen LogP contribution >= 0.6 is 0 Å². The highest BCUT2D eigenvalue weighted by molar-refractivity contribution is 5.70. The van der Waals surface area contributed by atoms with Gasteiger partial charge in [0.05, 0.1) is 17.0 Å². The zero-order valence-corrected chi connectivity index (χ0v) is 8.26. The number of nitrogens with two attached hydrogens (primary N) is 1. The first-order chi connectivity index (χ1) is 7.82. The van der Waals surface area contributed by atoms with E-state index in [2.05, 4.69) is 4.98 Å². The number of halogens is 2. The Hall–Kier alpha value is -2.32. The highest BCUT2D eigenvalue weighted by Gasteiger charge is 2.27. The Balaban J connectivity index is 3.35. The number of carbonyl (C=O) groups is 1. The maximum Gasteiger partial charge on any atom is 0.320 e. The van der Waals surface area contributed by atoms with Crippen molar-refractivity contribution >= 4 is 17.5 Å². The lowest BCUT2D eigenvalue weighted by Crippen LogP contribution is -2.09. The molecule has 0 aliphatic rings. The Morgan fingerprint density at radius 3 is 2.65 bits per heavy atom. The SMILES string of the molecule is Nc1nc(CC(=O)O)cc(C(F)F)c1[N+](=O)[O-]. The summed E-state index contributed by atoms with van der Waals surface area (Å²) in [6.07, 6.45) is -3.77. The van der Waals surface area contributed by atoms with E-state index in [1.165, 1.54) is 0 Å². The van der Waals surface area contributed by atoms with Crippen LogP contribution in [0.1, 0.15) is 17.7 Å². The van der Waals surface area contributed by atoms with Crippen LogP contribution < -0.4 is 5.73 Å². The first kappa shape index (κ1) is 12.7. The van der Waals surface area contributed by atoms with E-state index >= 15 is 0 Å². The lowest BCUT2D eigenvalue weighted by atomic mass is 10.1. The van der Waals surface area contributed by atoms with Crippen molar-refractivity contribution in [1.82, 2.24) is 4.98 Å². The number of alkyl halides is 2. The molecule has 0 spiro atoms. The number of aromatic nitrogens is 1. The first-order valence-electron chi connectivity index (χ1n) is 4.26. The van der Waals surface area contributed by atoms with Crippen LogP contribution in [0.25, 0.3) is 0 Å². The molecule has 0 aliphatic heterocycles. The number of nitrogens with zero attached hydrogens (tertiary/aromatic N) is 2. The molecule has 0 aromatic carbocycles. The van der Waals surface area contributed by atoms with Crippen molar-refractivity contribution in [3.63, 3.8) is 0 Å². The zero-order chi connectivity index (χ0) is 13.2. The van der Waals surface area contributed by atoms with Gasteiger partial charge in [-0.1, -0.05) is 0 Å². The molecule has 0 aliphatic carbocycles. The van der Waals surface area contributed by atoms with Crippen molar-refractivity contribution in [3.8, 4) is 0 Å². The van der Waals surface area contributed by atoms with Gasteiger partial charge in [-0.15, -0.1) is 0 Å². The molecular weight excluding hydrogens is 240 g/mol. The Morgan fingerprint density at radius 2 is 2.24 bits per heavy atom. The summed E-state index contributed by atoms with van der Waals surface area (Å²) in [5.41, 5.74) is 2.98. The predicted octanol–water partition coefficient (Wildman–Crippen LogP) is 1.14. The number of aliphatic carboxylic acids is 1. The summed E-state index contributed by atoms with van der Waals surface area (Å²) < 4.78 is 25.1. The van der Waals surface area contributed by atoms with Crippen molar-refractivity contribution < 1.29 is 23.6 Å². The van der Waals surface area contributed by atoms with Crippen LogP contribution in [0.5, 0.6) is 0 Å². The van der Waals surface area contributed by atoms with E-state index in [0.29, 0.717) is 6.07 Å². The summed E-state index contributed by atoms with van der Waals surface area (Å²) in [6, 6.07) is 0.674. The largest absolute Gasteiger partial charge is 0.481 e. The molecule has 0 atom stereocenters. The van der Waals surface area contributed by atoms with E-state index < -0.39 is 40.8 Å². The Labute approximate surface area is 93.0 Å². The molecule has 0 saturated heterocycles. The third-order valence-corrected chi connectivity index (χ3v) is 1.85. The molecule has 3 N–H and O–H groups in total. The maximum atomic E-state index is 12.6. The number of pyridine rings is 1. The molecule has 7 nitrogen and oxygen atoms in total. The third-order valence-electron chi connectivity index (χ3n) is 1.85. The Bertz CT molecular complexity index is 478. The van der Waals surface area contributed by atoms with Crippen molar-refractivity contribution in [2.75, 3.05) is 5.73 Å². The average molecular weight is 247 g/mol. The lowest BCUT2D eigenvalue weighted by molar-refractivity contribution is -0.385. The van der Waals surface area contributed by atoms with Gasteiger partial charge in [0, 0.05) is 0 Å². The third kappa shape index (κ3) is 2.83. The molecule has 1 aromatic heterocycles. The van der Waals surface area contributed by atoms with Gasteiger partial charge in [-0.3, -0.25) is 14.9 Å². The number of carboxylic acids is 1. The summed E-state index contributed by atoms with van der Waals surface area (Å²) in [7, 11) is 0. The molecule has 92 valence electrons. The van der Waals surface area contributed by atoms with Crippen LogP contribution in [-0.2, 0) is 11.2 Å². The number of nitro groups is 1. The fourth-order valence-corrected chi connectivity index (χ4v) is 1.25. The van der Waals surface area contributed by atoms with Gasteiger partial charge in [-0.2, -0.15) is 0 Å². The van der Waals surface area contributed by atoms with Crippen LogP contribution in [0, 0.1) is 10.1 Å². The van der Waals surface area contributed by atoms with E-state index in [1.54, 1.807) is 0 Å². The van der Waals surface area contributed by atoms with Crippen molar-refractivity contribution in [1.29, 1.82) is 0 Å². The molecule has 17 heavy (non-hydrogen) atoms. The number of hydrogen-bond donors (Lipinski definition) is 2. The van der Waals surface area contributed by atoms with Crippen molar-refractivity contribution in [2.24, 2.45) is 0 Å². The number of nitrogen functional groups attached to an aromatic ring is 1. The number of carboxylic acid groups (broad SMARTS) is 1. The summed E-state index contributed by atoms with van der Waals surface area (Å²) in [5, 5.41) is 19.0. The van der Waals surface area contributed by atoms with Crippen molar-refractivity contribution in [2.45, 2.75) is 12.8 Å². The lowest BCUT2D eigenvalue weighted by Gasteiger charge is -2.06. The molecule has 1 heterocycles. The Morgan fingerprint density at radius 1 is 1.65 bits per heavy atom. The average Bonchev–Trinajstić information content (AvgIpc) is 2.14. The molecule has 0 fully saturated rings. The van der Waals surface area contributed by atoms with Gasteiger partial charge in [0.25, 0.3) is 6.43 Å². The minimum atomic E-state index is -3.13. The van der Waals surface area contributed by atoms with Gasteiger partial charge >= 0.3 is 11.7 Å².